The second kappa shape index (κ2) is 9.83. The van der Waals surface area contributed by atoms with E-state index in [0.29, 0.717) is 23.5 Å². The summed E-state index contributed by atoms with van der Waals surface area (Å²) >= 11 is 0. The van der Waals surface area contributed by atoms with Gasteiger partial charge in [0.15, 0.2) is 5.41 Å². The van der Waals surface area contributed by atoms with Crippen LogP contribution in [0.5, 0.6) is 0 Å². The molecule has 0 amide bonds. The Morgan fingerprint density at radius 2 is 1.66 bits per heavy atom. The van der Waals surface area contributed by atoms with Crippen LogP contribution < -0.4 is 0 Å². The van der Waals surface area contributed by atoms with Crippen LogP contribution in [0, 0.1) is 17.2 Å². The average molecular weight is 516 g/mol. The van der Waals surface area contributed by atoms with Crippen molar-refractivity contribution >= 4 is 11.9 Å². The van der Waals surface area contributed by atoms with Crippen molar-refractivity contribution in [2.24, 2.45) is 11.3 Å². The summed E-state index contributed by atoms with van der Waals surface area (Å²) in [6, 6.07) is 21.4. The molecule has 0 bridgehead atoms. The molecule has 1 fully saturated rings. The fraction of sp³-hybridized carbons (Fsp3) is 0.241. The van der Waals surface area contributed by atoms with Crippen molar-refractivity contribution in [3.63, 3.8) is 0 Å². The lowest BCUT2D eigenvalue weighted by molar-refractivity contribution is -0.186. The maximum Gasteiger partial charge on any atom is 0.321 e. The van der Waals surface area contributed by atoms with Gasteiger partial charge in [-0.1, -0.05) is 72.7 Å². The maximum absolute atomic E-state index is 14.8. The first kappa shape index (κ1) is 25.3. The smallest absolute Gasteiger partial charge is 0.321 e. The normalized spacial score (nSPS) is 18.2. The molecule has 2 N–H and O–H groups in total. The van der Waals surface area contributed by atoms with Gasteiger partial charge in [-0.15, -0.1) is 0 Å². The van der Waals surface area contributed by atoms with E-state index in [4.69, 9.17) is 4.52 Å². The summed E-state index contributed by atoms with van der Waals surface area (Å²) in [7, 11) is 1.86. The summed E-state index contributed by atoms with van der Waals surface area (Å²) in [5.41, 5.74) is 1.71. The van der Waals surface area contributed by atoms with E-state index in [1.165, 1.54) is 6.07 Å². The Labute approximate surface area is 218 Å². The predicted octanol–water partition coefficient (Wildman–Crippen LogP) is 5.21. The molecule has 8 nitrogen and oxygen atoms in total. The SMILES string of the molecule is CC1C(N(C)Cc2ccc(-c3noc(-c4ccc(-c5ccccc5)c(F)c4)n3)cc2)CC1(C(=O)O)C(=O)O. The van der Waals surface area contributed by atoms with E-state index in [-0.39, 0.29) is 24.2 Å². The van der Waals surface area contributed by atoms with E-state index in [2.05, 4.69) is 10.1 Å². The quantitative estimate of drug-likeness (QED) is 0.307. The minimum Gasteiger partial charge on any atom is -0.480 e. The zero-order chi connectivity index (χ0) is 27.0. The largest absolute Gasteiger partial charge is 0.480 e. The lowest BCUT2D eigenvalue weighted by Crippen LogP contribution is -2.63. The van der Waals surface area contributed by atoms with Gasteiger partial charge in [0, 0.05) is 29.3 Å². The van der Waals surface area contributed by atoms with Gasteiger partial charge in [0.05, 0.1) is 0 Å². The van der Waals surface area contributed by atoms with E-state index in [9.17, 15) is 24.2 Å². The molecule has 0 radical (unpaired) electrons. The highest BCUT2D eigenvalue weighted by Crippen LogP contribution is 2.49. The molecule has 4 aromatic rings. The van der Waals surface area contributed by atoms with Crippen LogP contribution in [0.2, 0.25) is 0 Å². The Hall–Kier alpha value is -4.37. The van der Waals surface area contributed by atoms with Gasteiger partial charge in [-0.05, 0) is 42.6 Å². The van der Waals surface area contributed by atoms with Gasteiger partial charge in [0.1, 0.15) is 5.82 Å². The van der Waals surface area contributed by atoms with Crippen molar-refractivity contribution in [2.75, 3.05) is 7.05 Å². The third kappa shape index (κ3) is 4.35. The third-order valence-electron chi connectivity index (χ3n) is 7.59. The standard InChI is InChI=1S/C29H26FN3O5/c1-17-24(15-29(17,27(34)35)28(36)37)33(2)16-18-8-10-20(11-9-18)25-31-26(38-32-25)21-12-13-22(23(30)14-21)19-6-4-3-5-7-19/h3-14,17,24H,15-16H2,1-2H3,(H,34,35)(H,36,37). The molecule has 5 rings (SSSR count). The van der Waals surface area contributed by atoms with Gasteiger partial charge in [-0.25, -0.2) is 4.39 Å². The molecule has 0 spiro atoms. The topological polar surface area (TPSA) is 117 Å². The van der Waals surface area contributed by atoms with Crippen molar-refractivity contribution in [1.29, 1.82) is 0 Å². The molecule has 0 saturated heterocycles. The van der Waals surface area contributed by atoms with E-state index >= 15 is 0 Å². The van der Waals surface area contributed by atoms with E-state index in [1.807, 2.05) is 66.5 Å². The second-order valence-electron chi connectivity index (χ2n) is 9.74. The van der Waals surface area contributed by atoms with Crippen molar-refractivity contribution in [3.8, 4) is 34.0 Å². The molecule has 1 aliphatic carbocycles. The summed E-state index contributed by atoms with van der Waals surface area (Å²) in [4.78, 5) is 29.6. The van der Waals surface area contributed by atoms with Crippen LogP contribution in [0.1, 0.15) is 18.9 Å². The van der Waals surface area contributed by atoms with Crippen molar-refractivity contribution in [2.45, 2.75) is 25.9 Å². The Morgan fingerprint density at radius 1 is 1.00 bits per heavy atom. The number of halogens is 1. The molecule has 1 saturated carbocycles. The number of carboxylic acid groups (broad SMARTS) is 2. The van der Waals surface area contributed by atoms with Crippen LogP contribution >= 0.6 is 0 Å². The molecule has 194 valence electrons. The summed E-state index contributed by atoms with van der Waals surface area (Å²) in [5, 5.41) is 23.0. The lowest BCUT2D eigenvalue weighted by atomic mass is 9.57. The summed E-state index contributed by atoms with van der Waals surface area (Å²) in [6.07, 6.45) is 0.0615. The predicted molar refractivity (Wildman–Crippen MR) is 137 cm³/mol. The van der Waals surface area contributed by atoms with Gasteiger partial charge in [0.25, 0.3) is 5.89 Å². The molecule has 1 aliphatic rings. The Morgan fingerprint density at radius 3 is 2.26 bits per heavy atom. The van der Waals surface area contributed by atoms with Gasteiger partial charge in [-0.2, -0.15) is 4.98 Å². The van der Waals surface area contributed by atoms with Gasteiger partial charge >= 0.3 is 11.9 Å². The molecular weight excluding hydrogens is 489 g/mol. The Kier molecular flexibility index (Phi) is 6.54. The number of carboxylic acids is 2. The Balaban J connectivity index is 1.26. The highest BCUT2D eigenvalue weighted by molar-refractivity contribution is 6.00. The zero-order valence-electron chi connectivity index (χ0n) is 20.8. The van der Waals surface area contributed by atoms with E-state index in [1.54, 1.807) is 19.1 Å². The van der Waals surface area contributed by atoms with Crippen LogP contribution in [0.25, 0.3) is 34.0 Å². The molecule has 2 unspecified atom stereocenters. The maximum atomic E-state index is 14.8. The van der Waals surface area contributed by atoms with E-state index in [0.717, 1.165) is 16.7 Å². The summed E-state index contributed by atoms with van der Waals surface area (Å²) < 4.78 is 20.2. The van der Waals surface area contributed by atoms with Crippen molar-refractivity contribution in [3.05, 3.63) is 84.2 Å². The number of nitrogens with zero attached hydrogens (tertiary/aromatic N) is 3. The Bertz CT molecular complexity index is 1470. The fourth-order valence-corrected chi connectivity index (χ4v) is 5.18. The van der Waals surface area contributed by atoms with Crippen molar-refractivity contribution in [1.82, 2.24) is 15.0 Å². The monoisotopic (exact) mass is 515 g/mol. The number of hydrogen-bond donors (Lipinski definition) is 2. The lowest BCUT2D eigenvalue weighted by Gasteiger charge is -2.51. The van der Waals surface area contributed by atoms with Gasteiger partial charge < -0.3 is 14.7 Å². The number of rotatable bonds is 8. The zero-order valence-corrected chi connectivity index (χ0v) is 20.8. The first-order chi connectivity index (χ1) is 18.2. The molecular formula is C29H26FN3O5. The second-order valence-corrected chi connectivity index (χ2v) is 9.74. The van der Waals surface area contributed by atoms with Crippen LogP contribution in [0.4, 0.5) is 4.39 Å². The molecule has 1 aromatic heterocycles. The average Bonchev–Trinajstić information content (AvgIpc) is 3.39. The molecule has 3 aromatic carbocycles. The fourth-order valence-electron chi connectivity index (χ4n) is 5.18. The van der Waals surface area contributed by atoms with Crippen molar-refractivity contribution < 1.29 is 28.7 Å². The number of hydrogen-bond acceptors (Lipinski definition) is 6. The molecule has 9 heteroatoms. The number of carbonyl (C=O) groups is 2. The minimum atomic E-state index is -1.73. The third-order valence-corrected chi connectivity index (χ3v) is 7.59. The molecule has 0 aliphatic heterocycles. The van der Waals surface area contributed by atoms with Crippen LogP contribution in [0.3, 0.4) is 0 Å². The number of aromatic nitrogens is 2. The van der Waals surface area contributed by atoms with Crippen LogP contribution in [-0.4, -0.2) is 50.3 Å². The number of benzene rings is 3. The molecule has 2 atom stereocenters. The van der Waals surface area contributed by atoms with Gasteiger partial charge in [-0.3, -0.25) is 14.5 Å². The molecule has 38 heavy (non-hydrogen) atoms. The van der Waals surface area contributed by atoms with Gasteiger partial charge in [0.2, 0.25) is 5.82 Å². The van der Waals surface area contributed by atoms with Crippen LogP contribution in [-0.2, 0) is 16.1 Å². The van der Waals surface area contributed by atoms with E-state index < -0.39 is 23.3 Å². The first-order valence-corrected chi connectivity index (χ1v) is 12.2. The highest BCUT2D eigenvalue weighted by Gasteiger charge is 2.63. The number of aliphatic carboxylic acids is 2. The molecule has 1 heterocycles. The summed E-state index contributed by atoms with van der Waals surface area (Å²) in [6.45, 7) is 2.19. The summed E-state index contributed by atoms with van der Waals surface area (Å²) in [5.74, 6) is -2.91. The first-order valence-electron chi connectivity index (χ1n) is 12.2. The van der Waals surface area contributed by atoms with Crippen LogP contribution in [0.15, 0.2) is 77.3 Å². The minimum absolute atomic E-state index is 0.0615. The highest BCUT2D eigenvalue weighted by atomic mass is 19.1.